The number of benzene rings is 1. The van der Waals surface area contributed by atoms with Gasteiger partial charge < -0.3 is 5.32 Å². The van der Waals surface area contributed by atoms with Crippen LogP contribution in [0.4, 0.5) is 10.1 Å². The Bertz CT molecular complexity index is 341. The van der Waals surface area contributed by atoms with Crippen LogP contribution in [0.25, 0.3) is 0 Å². The largest absolute Gasteiger partial charge is 0.385 e. The lowest BCUT2D eigenvalue weighted by molar-refractivity contribution is 0.473. The molecular weight excluding hydrogens is 237 g/mol. The second-order valence-corrected chi connectivity index (χ2v) is 4.83. The molecule has 1 atom stereocenters. The van der Waals surface area contributed by atoms with Gasteiger partial charge in [-0.3, -0.25) is 0 Å². The molecule has 0 heterocycles. The van der Waals surface area contributed by atoms with Gasteiger partial charge in [-0.05, 0) is 30.5 Å². The average molecular weight is 258 g/mol. The van der Waals surface area contributed by atoms with Crippen molar-refractivity contribution in [3.63, 3.8) is 0 Å². The van der Waals surface area contributed by atoms with Crippen LogP contribution in [0.15, 0.2) is 18.2 Å². The van der Waals surface area contributed by atoms with E-state index in [2.05, 4.69) is 19.2 Å². The van der Waals surface area contributed by atoms with E-state index in [-0.39, 0.29) is 10.8 Å². The first-order chi connectivity index (χ1) is 8.17. The summed E-state index contributed by atoms with van der Waals surface area (Å²) in [6, 6.07) is 4.77. The molecule has 0 aliphatic carbocycles. The van der Waals surface area contributed by atoms with E-state index in [9.17, 15) is 4.39 Å². The zero-order valence-corrected chi connectivity index (χ0v) is 11.4. The summed E-state index contributed by atoms with van der Waals surface area (Å²) in [4.78, 5) is 0. The summed E-state index contributed by atoms with van der Waals surface area (Å²) in [5.74, 6) is 0.314. The summed E-state index contributed by atoms with van der Waals surface area (Å²) in [7, 11) is 0. The Balaban J connectivity index is 2.45. The van der Waals surface area contributed by atoms with E-state index in [1.54, 1.807) is 12.1 Å². The van der Waals surface area contributed by atoms with Gasteiger partial charge in [0.25, 0.3) is 0 Å². The third-order valence-corrected chi connectivity index (χ3v) is 3.35. The number of halogens is 2. The molecule has 1 unspecified atom stereocenters. The summed E-state index contributed by atoms with van der Waals surface area (Å²) in [6.45, 7) is 5.35. The van der Waals surface area contributed by atoms with Crippen molar-refractivity contribution >= 4 is 17.3 Å². The molecule has 0 saturated heterocycles. The van der Waals surface area contributed by atoms with Crippen molar-refractivity contribution in [1.29, 1.82) is 0 Å². The first-order valence-corrected chi connectivity index (χ1v) is 6.74. The quantitative estimate of drug-likeness (QED) is 0.716. The minimum absolute atomic E-state index is 0.177. The van der Waals surface area contributed by atoms with Gasteiger partial charge in [0.2, 0.25) is 0 Å². The standard InChI is InChI=1S/C14H21ClFN/c1-3-5-6-11(4-2)10-17-12-7-8-14(16)13(15)9-12/h7-9,11,17H,3-6,10H2,1-2H3. The van der Waals surface area contributed by atoms with Crippen molar-refractivity contribution < 1.29 is 4.39 Å². The zero-order valence-electron chi connectivity index (χ0n) is 10.6. The molecule has 0 saturated carbocycles. The van der Waals surface area contributed by atoms with Gasteiger partial charge in [0.05, 0.1) is 5.02 Å². The summed E-state index contributed by atoms with van der Waals surface area (Å²) < 4.78 is 13.0. The zero-order chi connectivity index (χ0) is 12.7. The Kier molecular flexibility index (Phi) is 6.35. The summed E-state index contributed by atoms with van der Waals surface area (Å²) in [5, 5.41) is 3.50. The van der Waals surface area contributed by atoms with Crippen LogP contribution in [0, 0.1) is 11.7 Å². The fraction of sp³-hybridized carbons (Fsp3) is 0.571. The van der Waals surface area contributed by atoms with E-state index in [0.29, 0.717) is 5.92 Å². The lowest BCUT2D eigenvalue weighted by Crippen LogP contribution is -2.13. The van der Waals surface area contributed by atoms with Gasteiger partial charge in [0, 0.05) is 12.2 Å². The third-order valence-electron chi connectivity index (χ3n) is 3.06. The molecule has 0 aromatic heterocycles. The fourth-order valence-electron chi connectivity index (χ4n) is 1.81. The van der Waals surface area contributed by atoms with Crippen LogP contribution in [0.3, 0.4) is 0 Å². The lowest BCUT2D eigenvalue weighted by atomic mass is 9.99. The van der Waals surface area contributed by atoms with Crippen LogP contribution in [-0.4, -0.2) is 6.54 Å². The first kappa shape index (κ1) is 14.3. The highest BCUT2D eigenvalue weighted by Crippen LogP contribution is 2.20. The van der Waals surface area contributed by atoms with Crippen molar-refractivity contribution in [3.05, 3.63) is 29.0 Å². The molecule has 1 aromatic carbocycles. The van der Waals surface area contributed by atoms with Crippen LogP contribution in [-0.2, 0) is 0 Å². The first-order valence-electron chi connectivity index (χ1n) is 6.36. The normalized spacial score (nSPS) is 12.5. The third kappa shape index (κ3) is 4.95. The highest BCUT2D eigenvalue weighted by atomic mass is 35.5. The molecule has 1 N–H and O–H groups in total. The molecule has 0 aliphatic heterocycles. The lowest BCUT2D eigenvalue weighted by Gasteiger charge is -2.16. The van der Waals surface area contributed by atoms with E-state index in [1.165, 1.54) is 31.7 Å². The van der Waals surface area contributed by atoms with E-state index in [1.807, 2.05) is 0 Å². The Labute approximate surface area is 108 Å². The Hall–Kier alpha value is -0.760. The van der Waals surface area contributed by atoms with Gasteiger partial charge in [-0.1, -0.05) is 44.7 Å². The Morgan fingerprint density at radius 1 is 1.35 bits per heavy atom. The van der Waals surface area contributed by atoms with Crippen molar-refractivity contribution in [2.24, 2.45) is 5.92 Å². The molecule has 0 spiro atoms. The molecule has 96 valence electrons. The number of hydrogen-bond acceptors (Lipinski definition) is 1. The van der Waals surface area contributed by atoms with Gasteiger partial charge in [0.1, 0.15) is 5.82 Å². The monoisotopic (exact) mass is 257 g/mol. The van der Waals surface area contributed by atoms with Crippen LogP contribution in [0.5, 0.6) is 0 Å². The maximum absolute atomic E-state index is 13.0. The number of anilines is 1. The molecular formula is C14H21ClFN. The second kappa shape index (κ2) is 7.54. The summed E-state index contributed by atoms with van der Waals surface area (Å²) in [5.41, 5.74) is 0.895. The van der Waals surface area contributed by atoms with Gasteiger partial charge >= 0.3 is 0 Å². The highest BCUT2D eigenvalue weighted by molar-refractivity contribution is 6.31. The fourth-order valence-corrected chi connectivity index (χ4v) is 1.99. The smallest absolute Gasteiger partial charge is 0.141 e. The SMILES string of the molecule is CCCCC(CC)CNc1ccc(F)c(Cl)c1. The molecule has 1 aromatic rings. The molecule has 17 heavy (non-hydrogen) atoms. The Morgan fingerprint density at radius 3 is 2.71 bits per heavy atom. The molecule has 0 aliphatic rings. The second-order valence-electron chi connectivity index (χ2n) is 4.43. The predicted octanol–water partition coefficient (Wildman–Crippen LogP) is 5.11. The van der Waals surface area contributed by atoms with E-state index < -0.39 is 0 Å². The van der Waals surface area contributed by atoms with Crippen LogP contribution in [0.1, 0.15) is 39.5 Å². The molecule has 3 heteroatoms. The average Bonchev–Trinajstić information content (AvgIpc) is 2.34. The molecule has 1 rings (SSSR count). The predicted molar refractivity (Wildman–Crippen MR) is 73.2 cm³/mol. The van der Waals surface area contributed by atoms with Crippen LogP contribution >= 0.6 is 11.6 Å². The Morgan fingerprint density at radius 2 is 2.12 bits per heavy atom. The minimum atomic E-state index is -0.366. The molecule has 0 bridgehead atoms. The minimum Gasteiger partial charge on any atom is -0.385 e. The van der Waals surface area contributed by atoms with Crippen molar-refractivity contribution in [2.45, 2.75) is 39.5 Å². The van der Waals surface area contributed by atoms with Crippen molar-refractivity contribution in [1.82, 2.24) is 0 Å². The number of unbranched alkanes of at least 4 members (excludes halogenated alkanes) is 1. The topological polar surface area (TPSA) is 12.0 Å². The van der Waals surface area contributed by atoms with E-state index >= 15 is 0 Å². The van der Waals surface area contributed by atoms with Crippen LogP contribution in [0.2, 0.25) is 5.02 Å². The van der Waals surface area contributed by atoms with E-state index in [0.717, 1.165) is 12.2 Å². The number of rotatable bonds is 7. The van der Waals surface area contributed by atoms with Gasteiger partial charge in [0.15, 0.2) is 0 Å². The van der Waals surface area contributed by atoms with Gasteiger partial charge in [-0.25, -0.2) is 4.39 Å². The number of hydrogen-bond donors (Lipinski definition) is 1. The maximum Gasteiger partial charge on any atom is 0.141 e. The van der Waals surface area contributed by atoms with Crippen molar-refractivity contribution in [2.75, 3.05) is 11.9 Å². The molecule has 0 fully saturated rings. The van der Waals surface area contributed by atoms with Crippen molar-refractivity contribution in [3.8, 4) is 0 Å². The summed E-state index contributed by atoms with van der Waals surface area (Å²) in [6.07, 6.45) is 4.92. The summed E-state index contributed by atoms with van der Waals surface area (Å²) >= 11 is 5.73. The van der Waals surface area contributed by atoms with Gasteiger partial charge in [-0.15, -0.1) is 0 Å². The maximum atomic E-state index is 13.0. The molecule has 1 nitrogen and oxygen atoms in total. The number of nitrogens with one attached hydrogen (secondary N) is 1. The molecule has 0 radical (unpaired) electrons. The van der Waals surface area contributed by atoms with Crippen LogP contribution < -0.4 is 5.32 Å². The van der Waals surface area contributed by atoms with E-state index in [4.69, 9.17) is 11.6 Å². The van der Waals surface area contributed by atoms with Gasteiger partial charge in [-0.2, -0.15) is 0 Å². The molecule has 0 amide bonds. The highest BCUT2D eigenvalue weighted by Gasteiger charge is 2.06.